The summed E-state index contributed by atoms with van der Waals surface area (Å²) < 4.78 is 1.76. The fourth-order valence-electron chi connectivity index (χ4n) is 3.36. The van der Waals surface area contributed by atoms with Gasteiger partial charge in [0.15, 0.2) is 5.82 Å². The Labute approximate surface area is 154 Å². The maximum atomic E-state index is 12.1. The standard InChI is InChI=1S/C20H17N3O4/c24-17-7-6-13(8-15(17)20(26)27)14-9-18(25)21-19-16(14)11-23(22-19)10-12-4-2-1-3-5-12/h1-8,11,14,24H,9-10H2,(H,26,27)(H,21,22,25). The molecule has 7 heteroatoms. The van der Waals surface area contributed by atoms with Crippen LogP contribution < -0.4 is 5.32 Å². The molecule has 1 aliphatic heterocycles. The number of carbonyl (C=O) groups is 2. The van der Waals surface area contributed by atoms with Gasteiger partial charge >= 0.3 is 5.97 Å². The number of rotatable bonds is 4. The zero-order chi connectivity index (χ0) is 19.0. The molecule has 1 aliphatic rings. The first-order chi connectivity index (χ1) is 13.0. The molecule has 3 N–H and O–H groups in total. The van der Waals surface area contributed by atoms with Crippen LogP contribution >= 0.6 is 0 Å². The van der Waals surface area contributed by atoms with E-state index in [1.807, 2.05) is 36.5 Å². The van der Waals surface area contributed by atoms with Crippen molar-refractivity contribution in [2.45, 2.75) is 18.9 Å². The molecule has 0 aliphatic carbocycles. The van der Waals surface area contributed by atoms with Crippen LogP contribution in [0, 0.1) is 0 Å². The molecule has 1 unspecified atom stereocenters. The molecule has 2 aromatic carbocycles. The number of amides is 1. The molecule has 136 valence electrons. The minimum Gasteiger partial charge on any atom is -0.507 e. The molecule has 7 nitrogen and oxygen atoms in total. The van der Waals surface area contributed by atoms with Crippen molar-refractivity contribution in [1.29, 1.82) is 0 Å². The number of aromatic nitrogens is 2. The quantitative estimate of drug-likeness (QED) is 0.661. The van der Waals surface area contributed by atoms with Crippen LogP contribution in [-0.4, -0.2) is 31.9 Å². The molecule has 0 radical (unpaired) electrons. The lowest BCUT2D eigenvalue weighted by Crippen LogP contribution is -2.23. The highest BCUT2D eigenvalue weighted by Crippen LogP contribution is 2.37. The van der Waals surface area contributed by atoms with E-state index in [4.69, 9.17) is 0 Å². The molecule has 3 aromatic rings. The number of hydrogen-bond acceptors (Lipinski definition) is 4. The molecule has 1 aromatic heterocycles. The monoisotopic (exact) mass is 363 g/mol. The minimum atomic E-state index is -1.21. The van der Waals surface area contributed by atoms with E-state index in [1.165, 1.54) is 12.1 Å². The highest BCUT2D eigenvalue weighted by atomic mass is 16.4. The van der Waals surface area contributed by atoms with Crippen LogP contribution in [0.4, 0.5) is 5.82 Å². The second kappa shape index (κ2) is 6.60. The topological polar surface area (TPSA) is 104 Å². The van der Waals surface area contributed by atoms with E-state index < -0.39 is 5.97 Å². The largest absolute Gasteiger partial charge is 0.507 e. The number of nitrogens with zero attached hydrogens (tertiary/aromatic N) is 2. The predicted molar refractivity (Wildman–Crippen MR) is 97.9 cm³/mol. The summed E-state index contributed by atoms with van der Waals surface area (Å²) >= 11 is 0. The lowest BCUT2D eigenvalue weighted by Gasteiger charge is -2.22. The Bertz CT molecular complexity index is 1030. The number of aromatic carboxylic acids is 1. The van der Waals surface area contributed by atoms with Crippen LogP contribution in [0.15, 0.2) is 54.7 Å². The lowest BCUT2D eigenvalue weighted by molar-refractivity contribution is -0.116. The van der Waals surface area contributed by atoms with E-state index in [-0.39, 0.29) is 29.6 Å². The summed E-state index contributed by atoms with van der Waals surface area (Å²) in [6, 6.07) is 14.2. The van der Waals surface area contributed by atoms with Gasteiger partial charge in [-0.2, -0.15) is 5.10 Å². The van der Waals surface area contributed by atoms with E-state index in [2.05, 4.69) is 10.4 Å². The maximum absolute atomic E-state index is 12.1. The van der Waals surface area contributed by atoms with Crippen LogP contribution in [0.25, 0.3) is 0 Å². The van der Waals surface area contributed by atoms with Crippen LogP contribution in [0.5, 0.6) is 5.75 Å². The average molecular weight is 363 g/mol. The van der Waals surface area contributed by atoms with Crippen molar-refractivity contribution < 1.29 is 19.8 Å². The molecule has 0 bridgehead atoms. The summed E-state index contributed by atoms with van der Waals surface area (Å²) in [5, 5.41) is 26.2. The smallest absolute Gasteiger partial charge is 0.339 e. The number of benzene rings is 2. The summed E-state index contributed by atoms with van der Waals surface area (Å²) in [6.07, 6.45) is 2.06. The Morgan fingerprint density at radius 3 is 2.74 bits per heavy atom. The molecule has 2 heterocycles. The molecular weight excluding hydrogens is 346 g/mol. The highest BCUT2D eigenvalue weighted by Gasteiger charge is 2.30. The summed E-state index contributed by atoms with van der Waals surface area (Å²) in [4.78, 5) is 23.5. The molecule has 27 heavy (non-hydrogen) atoms. The number of nitrogens with one attached hydrogen (secondary N) is 1. The van der Waals surface area contributed by atoms with Gasteiger partial charge in [0.05, 0.1) is 6.54 Å². The van der Waals surface area contributed by atoms with E-state index >= 15 is 0 Å². The number of anilines is 1. The SMILES string of the molecule is O=C1CC(c2ccc(O)c(C(=O)O)c2)c2cn(Cc3ccccc3)nc2N1. The van der Waals surface area contributed by atoms with E-state index in [0.717, 1.165) is 11.1 Å². The minimum absolute atomic E-state index is 0.178. The van der Waals surface area contributed by atoms with Gasteiger partial charge in [0.25, 0.3) is 0 Å². The molecule has 0 spiro atoms. The van der Waals surface area contributed by atoms with Crippen LogP contribution in [0.3, 0.4) is 0 Å². The fraction of sp³-hybridized carbons (Fsp3) is 0.150. The molecule has 4 rings (SSSR count). The maximum Gasteiger partial charge on any atom is 0.339 e. The molecular formula is C20H17N3O4. The number of carboxylic acid groups (broad SMARTS) is 1. The second-order valence-electron chi connectivity index (χ2n) is 6.50. The van der Waals surface area contributed by atoms with Crippen LogP contribution in [0.2, 0.25) is 0 Å². The third-order valence-corrected chi connectivity index (χ3v) is 4.65. The Morgan fingerprint density at radius 2 is 2.00 bits per heavy atom. The molecule has 1 amide bonds. The normalized spacial score (nSPS) is 15.9. The Balaban J connectivity index is 1.72. The molecule has 1 atom stereocenters. The van der Waals surface area contributed by atoms with Crippen molar-refractivity contribution >= 4 is 17.7 Å². The van der Waals surface area contributed by atoms with Crippen molar-refractivity contribution in [3.8, 4) is 5.75 Å². The first-order valence-corrected chi connectivity index (χ1v) is 8.48. The summed E-state index contributed by atoms with van der Waals surface area (Å²) in [6.45, 7) is 0.562. The molecule has 0 saturated heterocycles. The van der Waals surface area contributed by atoms with Gasteiger partial charge in [0.1, 0.15) is 11.3 Å². The van der Waals surface area contributed by atoms with Gasteiger partial charge in [-0.05, 0) is 23.3 Å². The lowest BCUT2D eigenvalue weighted by atomic mass is 9.86. The van der Waals surface area contributed by atoms with Gasteiger partial charge in [0, 0.05) is 24.1 Å². The van der Waals surface area contributed by atoms with Gasteiger partial charge < -0.3 is 15.5 Å². The number of hydrogen-bond donors (Lipinski definition) is 3. The number of carbonyl (C=O) groups excluding carboxylic acids is 1. The zero-order valence-corrected chi connectivity index (χ0v) is 14.3. The van der Waals surface area contributed by atoms with Crippen molar-refractivity contribution in [2.24, 2.45) is 0 Å². The highest BCUT2D eigenvalue weighted by molar-refractivity contribution is 5.95. The Hall–Kier alpha value is -3.61. The van der Waals surface area contributed by atoms with Crippen molar-refractivity contribution in [2.75, 3.05) is 5.32 Å². The number of aromatic hydroxyl groups is 1. The number of phenols is 1. The number of fused-ring (bicyclic) bond motifs is 1. The van der Waals surface area contributed by atoms with Crippen LogP contribution in [-0.2, 0) is 11.3 Å². The van der Waals surface area contributed by atoms with Gasteiger partial charge in [-0.15, -0.1) is 0 Å². The Morgan fingerprint density at radius 1 is 1.22 bits per heavy atom. The molecule has 0 fully saturated rings. The average Bonchev–Trinajstić information content (AvgIpc) is 3.04. The van der Waals surface area contributed by atoms with Gasteiger partial charge in [-0.25, -0.2) is 4.79 Å². The van der Waals surface area contributed by atoms with E-state index in [9.17, 15) is 19.8 Å². The summed E-state index contributed by atoms with van der Waals surface area (Å²) in [5.74, 6) is -1.53. The zero-order valence-electron chi connectivity index (χ0n) is 14.3. The van der Waals surface area contributed by atoms with Gasteiger partial charge in [-0.3, -0.25) is 9.48 Å². The van der Waals surface area contributed by atoms with Gasteiger partial charge in [0.2, 0.25) is 5.91 Å². The van der Waals surface area contributed by atoms with Gasteiger partial charge in [-0.1, -0.05) is 36.4 Å². The summed E-state index contributed by atoms with van der Waals surface area (Å²) in [7, 11) is 0. The second-order valence-corrected chi connectivity index (χ2v) is 6.50. The van der Waals surface area contributed by atoms with Crippen molar-refractivity contribution in [1.82, 2.24) is 9.78 Å². The first kappa shape index (κ1) is 16.8. The van der Waals surface area contributed by atoms with E-state index in [1.54, 1.807) is 10.7 Å². The van der Waals surface area contributed by atoms with Crippen molar-refractivity contribution in [3.05, 3.63) is 77.0 Å². The van der Waals surface area contributed by atoms with E-state index in [0.29, 0.717) is 17.9 Å². The molecule has 0 saturated carbocycles. The Kier molecular flexibility index (Phi) is 4.12. The van der Waals surface area contributed by atoms with Crippen molar-refractivity contribution in [3.63, 3.8) is 0 Å². The third kappa shape index (κ3) is 3.27. The first-order valence-electron chi connectivity index (χ1n) is 8.48. The van der Waals surface area contributed by atoms with Crippen LogP contribution in [0.1, 0.15) is 39.4 Å². The predicted octanol–water partition coefficient (Wildman–Crippen LogP) is 2.81. The fourth-order valence-corrected chi connectivity index (χ4v) is 3.36. The number of carboxylic acids is 1. The third-order valence-electron chi connectivity index (χ3n) is 4.65. The summed E-state index contributed by atoms with van der Waals surface area (Å²) in [5.41, 5.74) is 2.38.